The Bertz CT molecular complexity index is 532. The van der Waals surface area contributed by atoms with Crippen molar-refractivity contribution in [2.45, 2.75) is 6.92 Å². The third kappa shape index (κ3) is 1.76. The molecule has 82 valence electrons. The molecule has 1 aromatic carbocycles. The largest absolute Gasteiger partial charge is 0.288 e. The number of carbonyl (C=O) groups excluding carboxylic acids is 1. The van der Waals surface area contributed by atoms with Gasteiger partial charge in [-0.05, 0) is 30.0 Å². The molecule has 0 spiro atoms. The molecule has 0 N–H and O–H groups in total. The number of rotatable bonds is 2. The highest BCUT2D eigenvalue weighted by atomic mass is 32.1. The summed E-state index contributed by atoms with van der Waals surface area (Å²) in [7, 11) is 0. The van der Waals surface area contributed by atoms with Crippen LogP contribution in [-0.2, 0) is 0 Å². The SMILES string of the molecule is Cc1ccc(C(=O)c2cccs2)c(F)c1F. The first-order valence-corrected chi connectivity index (χ1v) is 5.52. The minimum Gasteiger partial charge on any atom is -0.288 e. The van der Waals surface area contributed by atoms with Gasteiger partial charge in [0.2, 0.25) is 5.78 Å². The van der Waals surface area contributed by atoms with E-state index in [1.165, 1.54) is 30.4 Å². The predicted octanol–water partition coefficient (Wildman–Crippen LogP) is 3.57. The molecule has 2 rings (SSSR count). The van der Waals surface area contributed by atoms with Crippen molar-refractivity contribution in [2.75, 3.05) is 0 Å². The van der Waals surface area contributed by atoms with E-state index < -0.39 is 17.4 Å². The Morgan fingerprint density at radius 3 is 2.56 bits per heavy atom. The fraction of sp³-hybridized carbons (Fsp3) is 0.0833. The summed E-state index contributed by atoms with van der Waals surface area (Å²) in [5, 5.41) is 1.72. The van der Waals surface area contributed by atoms with Gasteiger partial charge in [0.05, 0.1) is 10.4 Å². The Kier molecular flexibility index (Phi) is 2.83. The van der Waals surface area contributed by atoms with Crippen LogP contribution in [0, 0.1) is 18.6 Å². The summed E-state index contributed by atoms with van der Waals surface area (Å²) in [6.45, 7) is 1.46. The molecule has 0 fully saturated rings. The van der Waals surface area contributed by atoms with E-state index >= 15 is 0 Å². The molecular weight excluding hydrogens is 230 g/mol. The standard InChI is InChI=1S/C12H8F2OS/c1-7-4-5-8(11(14)10(7)13)12(15)9-3-2-6-16-9/h2-6H,1H3. The predicted molar refractivity (Wildman–Crippen MR) is 58.8 cm³/mol. The van der Waals surface area contributed by atoms with Gasteiger partial charge in [0, 0.05) is 0 Å². The lowest BCUT2D eigenvalue weighted by atomic mass is 10.1. The van der Waals surface area contributed by atoms with Gasteiger partial charge in [0.1, 0.15) is 0 Å². The van der Waals surface area contributed by atoms with E-state index in [1.807, 2.05) is 0 Å². The molecule has 0 aliphatic carbocycles. The summed E-state index contributed by atoms with van der Waals surface area (Å²) in [5.74, 6) is -2.51. The van der Waals surface area contributed by atoms with E-state index in [0.717, 1.165) is 0 Å². The number of benzene rings is 1. The first-order valence-electron chi connectivity index (χ1n) is 4.64. The zero-order valence-electron chi connectivity index (χ0n) is 8.46. The molecule has 4 heteroatoms. The van der Waals surface area contributed by atoms with Crippen LogP contribution in [0.5, 0.6) is 0 Å². The first kappa shape index (κ1) is 11.0. The van der Waals surface area contributed by atoms with E-state index in [2.05, 4.69) is 0 Å². The van der Waals surface area contributed by atoms with Gasteiger partial charge in [0.25, 0.3) is 0 Å². The second-order valence-corrected chi connectivity index (χ2v) is 4.31. The summed E-state index contributed by atoms with van der Waals surface area (Å²) in [4.78, 5) is 12.2. The van der Waals surface area contributed by atoms with Crippen molar-refractivity contribution in [2.24, 2.45) is 0 Å². The smallest absolute Gasteiger partial charge is 0.205 e. The van der Waals surface area contributed by atoms with Crippen molar-refractivity contribution in [3.63, 3.8) is 0 Å². The van der Waals surface area contributed by atoms with Gasteiger partial charge >= 0.3 is 0 Å². The summed E-state index contributed by atoms with van der Waals surface area (Å²) in [6.07, 6.45) is 0. The molecule has 0 radical (unpaired) electrons. The van der Waals surface area contributed by atoms with Crippen LogP contribution in [0.1, 0.15) is 20.8 Å². The summed E-state index contributed by atoms with van der Waals surface area (Å²) in [6, 6.07) is 6.00. The van der Waals surface area contributed by atoms with Gasteiger partial charge in [-0.15, -0.1) is 11.3 Å². The fourth-order valence-electron chi connectivity index (χ4n) is 1.36. The Hall–Kier alpha value is -1.55. The van der Waals surface area contributed by atoms with E-state index in [0.29, 0.717) is 4.88 Å². The average Bonchev–Trinajstić information content (AvgIpc) is 2.79. The first-order chi connectivity index (χ1) is 7.61. The maximum Gasteiger partial charge on any atom is 0.205 e. The van der Waals surface area contributed by atoms with Gasteiger partial charge in [-0.25, -0.2) is 8.78 Å². The van der Waals surface area contributed by atoms with Crippen molar-refractivity contribution in [1.82, 2.24) is 0 Å². The van der Waals surface area contributed by atoms with Crippen LogP contribution in [0.25, 0.3) is 0 Å². The van der Waals surface area contributed by atoms with Crippen molar-refractivity contribution in [3.8, 4) is 0 Å². The maximum absolute atomic E-state index is 13.5. The van der Waals surface area contributed by atoms with Crippen molar-refractivity contribution in [1.29, 1.82) is 0 Å². The van der Waals surface area contributed by atoms with E-state index in [9.17, 15) is 13.6 Å². The van der Waals surface area contributed by atoms with Gasteiger partial charge < -0.3 is 0 Å². The molecule has 0 saturated heterocycles. The van der Waals surface area contributed by atoms with Gasteiger partial charge in [0.15, 0.2) is 11.6 Å². The van der Waals surface area contributed by atoms with Crippen LogP contribution in [0.15, 0.2) is 29.6 Å². The van der Waals surface area contributed by atoms with E-state index in [-0.39, 0.29) is 11.1 Å². The molecular formula is C12H8F2OS. The molecule has 1 heterocycles. The third-order valence-electron chi connectivity index (χ3n) is 2.26. The number of hydrogen-bond donors (Lipinski definition) is 0. The van der Waals surface area contributed by atoms with Crippen LogP contribution in [0.4, 0.5) is 8.78 Å². The van der Waals surface area contributed by atoms with Crippen LogP contribution >= 0.6 is 11.3 Å². The monoisotopic (exact) mass is 238 g/mol. The van der Waals surface area contributed by atoms with Crippen LogP contribution in [-0.4, -0.2) is 5.78 Å². The summed E-state index contributed by atoms with van der Waals surface area (Å²) < 4.78 is 26.8. The fourth-order valence-corrected chi connectivity index (χ4v) is 2.04. The molecule has 1 nitrogen and oxygen atoms in total. The molecule has 0 atom stereocenters. The lowest BCUT2D eigenvalue weighted by molar-refractivity contribution is 0.103. The quantitative estimate of drug-likeness (QED) is 0.731. The Balaban J connectivity index is 2.50. The minimum absolute atomic E-state index is 0.195. The number of halogens is 2. The molecule has 2 aromatic rings. The zero-order valence-corrected chi connectivity index (χ0v) is 9.28. The van der Waals surface area contributed by atoms with Crippen LogP contribution in [0.2, 0.25) is 0 Å². The highest BCUT2D eigenvalue weighted by Crippen LogP contribution is 2.20. The normalized spacial score (nSPS) is 10.4. The molecule has 1 aromatic heterocycles. The second kappa shape index (κ2) is 4.14. The minimum atomic E-state index is -1.07. The lowest BCUT2D eigenvalue weighted by Gasteiger charge is -2.03. The van der Waals surface area contributed by atoms with Crippen molar-refractivity contribution >= 4 is 17.1 Å². The lowest BCUT2D eigenvalue weighted by Crippen LogP contribution is -2.05. The number of aryl methyl sites for hydroxylation is 1. The average molecular weight is 238 g/mol. The second-order valence-electron chi connectivity index (χ2n) is 3.36. The Labute approximate surface area is 95.4 Å². The molecule has 0 aliphatic heterocycles. The molecule has 16 heavy (non-hydrogen) atoms. The van der Waals surface area contributed by atoms with E-state index in [4.69, 9.17) is 0 Å². The third-order valence-corrected chi connectivity index (χ3v) is 3.13. The van der Waals surface area contributed by atoms with Crippen molar-refractivity contribution < 1.29 is 13.6 Å². The number of thiophene rings is 1. The van der Waals surface area contributed by atoms with Crippen molar-refractivity contribution in [3.05, 3.63) is 57.3 Å². The highest BCUT2D eigenvalue weighted by Gasteiger charge is 2.18. The summed E-state index contributed by atoms with van der Waals surface area (Å²) in [5.41, 5.74) is -0.0224. The molecule has 0 bridgehead atoms. The number of carbonyl (C=O) groups is 1. The van der Waals surface area contributed by atoms with Gasteiger partial charge in [-0.2, -0.15) is 0 Å². The summed E-state index contributed by atoms with van der Waals surface area (Å²) >= 11 is 1.21. The maximum atomic E-state index is 13.5. The zero-order chi connectivity index (χ0) is 11.7. The number of ketones is 1. The molecule has 0 amide bonds. The molecule has 0 aliphatic rings. The Morgan fingerprint density at radius 1 is 1.19 bits per heavy atom. The highest BCUT2D eigenvalue weighted by molar-refractivity contribution is 7.12. The topological polar surface area (TPSA) is 17.1 Å². The number of hydrogen-bond acceptors (Lipinski definition) is 2. The van der Waals surface area contributed by atoms with Gasteiger partial charge in [-0.3, -0.25) is 4.79 Å². The van der Waals surface area contributed by atoms with Gasteiger partial charge in [-0.1, -0.05) is 12.1 Å². The van der Waals surface area contributed by atoms with Crippen LogP contribution < -0.4 is 0 Å². The Morgan fingerprint density at radius 2 is 1.94 bits per heavy atom. The van der Waals surface area contributed by atoms with E-state index in [1.54, 1.807) is 17.5 Å². The molecule has 0 saturated carbocycles. The molecule has 0 unspecified atom stereocenters. The van der Waals surface area contributed by atoms with Crippen LogP contribution in [0.3, 0.4) is 0 Å².